The number of benzene rings is 2. The molecule has 90 valence electrons. The Morgan fingerprint density at radius 3 is 2.61 bits per heavy atom. The van der Waals surface area contributed by atoms with Crippen LogP contribution >= 0.6 is 31.9 Å². The summed E-state index contributed by atoms with van der Waals surface area (Å²) in [5.41, 5.74) is 3.47. The lowest BCUT2D eigenvalue weighted by Gasteiger charge is -2.12. The predicted octanol–water partition coefficient (Wildman–Crippen LogP) is 5.14. The number of nitriles is 1. The molecule has 0 saturated heterocycles. The van der Waals surface area contributed by atoms with Gasteiger partial charge in [-0.2, -0.15) is 5.26 Å². The molecule has 0 aromatic heterocycles. The van der Waals surface area contributed by atoms with Gasteiger partial charge in [-0.05, 0) is 52.7 Å². The summed E-state index contributed by atoms with van der Waals surface area (Å²) in [6, 6.07) is 13.8. The minimum atomic E-state index is 0.643. The normalized spacial score (nSPS) is 9.89. The minimum absolute atomic E-state index is 0.643. The van der Waals surface area contributed by atoms with Crippen molar-refractivity contribution in [2.75, 3.05) is 5.32 Å². The molecule has 2 aromatic carbocycles. The lowest BCUT2D eigenvalue weighted by Crippen LogP contribution is -1.97. The molecule has 2 aromatic rings. The molecule has 0 atom stereocenters. The second-order valence-corrected chi connectivity index (χ2v) is 5.63. The van der Waals surface area contributed by atoms with Gasteiger partial charge in [0.1, 0.15) is 6.07 Å². The molecule has 0 aliphatic rings. The number of halogens is 2. The van der Waals surface area contributed by atoms with Crippen LogP contribution in [0.25, 0.3) is 0 Å². The lowest BCUT2D eigenvalue weighted by molar-refractivity contribution is 1.39. The van der Waals surface area contributed by atoms with Crippen LogP contribution in [0.4, 0.5) is 11.4 Å². The highest BCUT2D eigenvalue weighted by atomic mass is 79.9. The smallest absolute Gasteiger partial charge is 0.101 e. The molecule has 0 amide bonds. The fraction of sp³-hybridized carbons (Fsp3) is 0.0714. The highest BCUT2D eigenvalue weighted by molar-refractivity contribution is 9.11. The maximum Gasteiger partial charge on any atom is 0.101 e. The van der Waals surface area contributed by atoms with Gasteiger partial charge in [-0.25, -0.2) is 0 Å². The maximum atomic E-state index is 9.13. The van der Waals surface area contributed by atoms with Gasteiger partial charge >= 0.3 is 0 Å². The molecule has 4 heteroatoms. The van der Waals surface area contributed by atoms with Crippen LogP contribution in [0.15, 0.2) is 45.3 Å². The topological polar surface area (TPSA) is 35.8 Å². The number of hydrogen-bond donors (Lipinski definition) is 1. The van der Waals surface area contributed by atoms with Crippen LogP contribution in [0.2, 0.25) is 0 Å². The van der Waals surface area contributed by atoms with Crippen molar-refractivity contribution in [2.45, 2.75) is 6.92 Å². The van der Waals surface area contributed by atoms with Gasteiger partial charge in [-0.3, -0.25) is 0 Å². The van der Waals surface area contributed by atoms with E-state index in [-0.39, 0.29) is 0 Å². The van der Waals surface area contributed by atoms with E-state index < -0.39 is 0 Å². The third-order valence-electron chi connectivity index (χ3n) is 2.58. The summed E-state index contributed by atoms with van der Waals surface area (Å²) < 4.78 is 1.95. The molecular weight excluding hydrogens is 356 g/mol. The molecular formula is C14H10Br2N2. The first-order chi connectivity index (χ1) is 8.61. The summed E-state index contributed by atoms with van der Waals surface area (Å²) >= 11 is 6.91. The average molecular weight is 366 g/mol. The summed E-state index contributed by atoms with van der Waals surface area (Å²) in [4.78, 5) is 0. The number of nitrogens with one attached hydrogen (secondary N) is 1. The van der Waals surface area contributed by atoms with Crippen molar-refractivity contribution < 1.29 is 0 Å². The first-order valence-corrected chi connectivity index (χ1v) is 6.92. The largest absolute Gasteiger partial charge is 0.353 e. The minimum Gasteiger partial charge on any atom is -0.353 e. The van der Waals surface area contributed by atoms with Crippen molar-refractivity contribution in [3.63, 3.8) is 0 Å². The van der Waals surface area contributed by atoms with E-state index in [4.69, 9.17) is 5.26 Å². The Labute approximate surface area is 123 Å². The fourth-order valence-corrected chi connectivity index (χ4v) is 2.80. The van der Waals surface area contributed by atoms with Gasteiger partial charge in [0.2, 0.25) is 0 Å². The second kappa shape index (κ2) is 5.55. The SMILES string of the molecule is Cc1cccc(C#N)c1Nc1ccc(Br)cc1Br. The molecule has 0 heterocycles. The molecule has 0 unspecified atom stereocenters. The molecule has 0 radical (unpaired) electrons. The Bertz CT molecular complexity index is 630. The zero-order chi connectivity index (χ0) is 13.1. The molecule has 18 heavy (non-hydrogen) atoms. The maximum absolute atomic E-state index is 9.13. The lowest BCUT2D eigenvalue weighted by atomic mass is 10.1. The van der Waals surface area contributed by atoms with Gasteiger partial charge in [0.25, 0.3) is 0 Å². The van der Waals surface area contributed by atoms with E-state index in [1.807, 2.05) is 43.3 Å². The van der Waals surface area contributed by atoms with E-state index in [9.17, 15) is 0 Å². The van der Waals surface area contributed by atoms with Gasteiger partial charge in [-0.15, -0.1) is 0 Å². The van der Waals surface area contributed by atoms with Crippen LogP contribution in [0, 0.1) is 18.3 Å². The van der Waals surface area contributed by atoms with Gasteiger partial charge in [-0.1, -0.05) is 28.1 Å². The van der Waals surface area contributed by atoms with Crippen LogP contribution in [0.5, 0.6) is 0 Å². The Balaban J connectivity index is 2.43. The molecule has 1 N–H and O–H groups in total. The number of nitrogens with zero attached hydrogens (tertiary/aromatic N) is 1. The molecule has 2 rings (SSSR count). The number of rotatable bonds is 2. The van der Waals surface area contributed by atoms with Crippen molar-refractivity contribution in [1.29, 1.82) is 5.26 Å². The standard InChI is InChI=1S/C14H10Br2N2/c1-9-3-2-4-10(8-17)14(9)18-13-6-5-11(15)7-12(13)16/h2-7,18H,1H3. The zero-order valence-corrected chi connectivity index (χ0v) is 12.8. The molecule has 0 fully saturated rings. The molecule has 0 saturated carbocycles. The first-order valence-electron chi connectivity index (χ1n) is 5.33. The number of para-hydroxylation sites is 1. The van der Waals surface area contributed by atoms with E-state index in [0.717, 1.165) is 25.9 Å². The quantitative estimate of drug-likeness (QED) is 0.800. The van der Waals surface area contributed by atoms with Crippen LogP contribution in [-0.4, -0.2) is 0 Å². The number of aryl methyl sites for hydroxylation is 1. The van der Waals surface area contributed by atoms with Crippen LogP contribution in [0.1, 0.15) is 11.1 Å². The van der Waals surface area contributed by atoms with E-state index in [2.05, 4.69) is 43.2 Å². The summed E-state index contributed by atoms with van der Waals surface area (Å²) in [6.07, 6.45) is 0. The number of anilines is 2. The Kier molecular flexibility index (Phi) is 4.05. The van der Waals surface area contributed by atoms with E-state index >= 15 is 0 Å². The highest BCUT2D eigenvalue weighted by Gasteiger charge is 2.07. The molecule has 2 nitrogen and oxygen atoms in total. The predicted molar refractivity (Wildman–Crippen MR) is 81.0 cm³/mol. The summed E-state index contributed by atoms with van der Waals surface area (Å²) in [5.74, 6) is 0. The first kappa shape index (κ1) is 13.1. The Morgan fingerprint density at radius 1 is 1.17 bits per heavy atom. The molecule has 0 spiro atoms. The van der Waals surface area contributed by atoms with Gasteiger partial charge in [0.15, 0.2) is 0 Å². The van der Waals surface area contributed by atoms with Crippen molar-refractivity contribution in [3.05, 3.63) is 56.5 Å². The zero-order valence-electron chi connectivity index (χ0n) is 9.67. The Hall–Kier alpha value is -1.31. The van der Waals surface area contributed by atoms with E-state index in [0.29, 0.717) is 5.56 Å². The van der Waals surface area contributed by atoms with Crippen molar-refractivity contribution in [3.8, 4) is 6.07 Å². The second-order valence-electron chi connectivity index (χ2n) is 3.86. The molecule has 0 bridgehead atoms. The molecule has 0 aliphatic heterocycles. The summed E-state index contributed by atoms with van der Waals surface area (Å²) in [7, 11) is 0. The van der Waals surface area contributed by atoms with Gasteiger partial charge in [0, 0.05) is 8.95 Å². The third-order valence-corrected chi connectivity index (χ3v) is 3.73. The van der Waals surface area contributed by atoms with Crippen LogP contribution in [0.3, 0.4) is 0 Å². The van der Waals surface area contributed by atoms with Crippen molar-refractivity contribution in [2.24, 2.45) is 0 Å². The monoisotopic (exact) mass is 364 g/mol. The van der Waals surface area contributed by atoms with Gasteiger partial charge in [0.05, 0.1) is 16.9 Å². The third kappa shape index (κ3) is 2.74. The highest BCUT2D eigenvalue weighted by Crippen LogP contribution is 2.31. The Morgan fingerprint density at radius 2 is 1.94 bits per heavy atom. The van der Waals surface area contributed by atoms with Crippen molar-refractivity contribution in [1.82, 2.24) is 0 Å². The van der Waals surface area contributed by atoms with E-state index in [1.165, 1.54) is 0 Å². The van der Waals surface area contributed by atoms with Crippen LogP contribution in [-0.2, 0) is 0 Å². The molecule has 0 aliphatic carbocycles. The van der Waals surface area contributed by atoms with E-state index in [1.54, 1.807) is 0 Å². The summed E-state index contributed by atoms with van der Waals surface area (Å²) in [6.45, 7) is 1.98. The fourth-order valence-electron chi connectivity index (χ4n) is 1.65. The van der Waals surface area contributed by atoms with Gasteiger partial charge < -0.3 is 5.32 Å². The van der Waals surface area contributed by atoms with Crippen LogP contribution < -0.4 is 5.32 Å². The number of hydrogen-bond acceptors (Lipinski definition) is 2. The average Bonchev–Trinajstić information content (AvgIpc) is 2.34. The summed E-state index contributed by atoms with van der Waals surface area (Å²) in [5, 5.41) is 12.4. The van der Waals surface area contributed by atoms with Crippen molar-refractivity contribution >= 4 is 43.2 Å².